The van der Waals surface area contributed by atoms with E-state index in [0.717, 1.165) is 32.1 Å². The van der Waals surface area contributed by atoms with Crippen molar-refractivity contribution in [2.75, 3.05) is 0 Å². The molecule has 0 spiro atoms. The van der Waals surface area contributed by atoms with Crippen LogP contribution in [0.3, 0.4) is 0 Å². The van der Waals surface area contributed by atoms with Gasteiger partial charge in [-0.05, 0) is 26.7 Å². The van der Waals surface area contributed by atoms with Crippen LogP contribution >= 0.6 is 0 Å². The number of rotatable bonds is 14. The summed E-state index contributed by atoms with van der Waals surface area (Å²) in [4.78, 5) is 44.7. The van der Waals surface area contributed by atoms with Gasteiger partial charge in [-0.1, -0.05) is 19.3 Å². The Kier molecular flexibility index (Phi) is 12.1. The molecule has 6 N–H and O–H groups in total. The summed E-state index contributed by atoms with van der Waals surface area (Å²) in [5.41, 5.74) is 9.99. The normalized spacial score (nSPS) is 12.9. The number of carbonyl (C=O) groups is 4. The topological polar surface area (TPSA) is 144 Å². The molecular weight excluding hydrogens is 324 g/mol. The average molecular weight is 356 g/mol. The summed E-state index contributed by atoms with van der Waals surface area (Å²) in [7, 11) is 0. The zero-order valence-corrected chi connectivity index (χ0v) is 15.3. The van der Waals surface area contributed by atoms with Crippen molar-refractivity contribution >= 4 is 23.6 Å². The zero-order valence-electron chi connectivity index (χ0n) is 15.3. The molecule has 0 rings (SSSR count). The van der Waals surface area contributed by atoms with E-state index in [1.807, 2.05) is 0 Å². The van der Waals surface area contributed by atoms with Crippen LogP contribution in [-0.2, 0) is 9.59 Å². The Morgan fingerprint density at radius 1 is 0.680 bits per heavy atom. The van der Waals surface area contributed by atoms with Crippen LogP contribution in [0.1, 0.15) is 71.6 Å². The average Bonchev–Trinajstić information content (AvgIpc) is 2.43. The highest BCUT2D eigenvalue weighted by atomic mass is 16.2. The summed E-state index contributed by atoms with van der Waals surface area (Å²) in [5.74, 6) is 0.236. The molecule has 25 heavy (non-hydrogen) atoms. The van der Waals surface area contributed by atoms with E-state index in [4.69, 9.17) is 11.5 Å². The number of hydrogen-bond acceptors (Lipinski definition) is 4. The maximum absolute atomic E-state index is 11.7. The van der Waals surface area contributed by atoms with Gasteiger partial charge in [0.1, 0.15) is 11.6 Å². The minimum Gasteiger partial charge on any atom is -0.352 e. The highest BCUT2D eigenvalue weighted by molar-refractivity contribution is 5.80. The molecule has 0 radical (unpaired) electrons. The second kappa shape index (κ2) is 13.2. The molecule has 0 bridgehead atoms. The highest BCUT2D eigenvalue weighted by Gasteiger charge is 2.11. The molecule has 8 nitrogen and oxygen atoms in total. The Hall–Kier alpha value is -2.12. The molecule has 0 aliphatic carbocycles. The maximum Gasteiger partial charge on any atom is 0.312 e. The number of nitrogens with one attached hydrogen (secondary N) is 2. The quantitative estimate of drug-likeness (QED) is 0.351. The van der Waals surface area contributed by atoms with E-state index in [9.17, 15) is 19.2 Å². The molecule has 0 heterocycles. The predicted octanol–water partition coefficient (Wildman–Crippen LogP) is 1.75. The van der Waals surface area contributed by atoms with Crippen molar-refractivity contribution in [3.8, 4) is 0 Å². The summed E-state index contributed by atoms with van der Waals surface area (Å²) in [6.45, 7) is 3.50. The molecule has 0 saturated carbocycles. The third-order valence-electron chi connectivity index (χ3n) is 3.76. The first-order valence-corrected chi connectivity index (χ1v) is 8.86. The lowest BCUT2D eigenvalue weighted by molar-refractivity contribution is -0.120. The van der Waals surface area contributed by atoms with Crippen LogP contribution in [0.4, 0.5) is 9.59 Å². The number of hydrogen-bond donors (Lipinski definition) is 4. The van der Waals surface area contributed by atoms with E-state index in [-0.39, 0.29) is 23.7 Å². The fourth-order valence-electron chi connectivity index (χ4n) is 2.65. The van der Waals surface area contributed by atoms with Gasteiger partial charge in [0, 0.05) is 37.8 Å². The maximum atomic E-state index is 11.7. The van der Waals surface area contributed by atoms with E-state index >= 15 is 0 Å². The fourth-order valence-corrected chi connectivity index (χ4v) is 2.65. The standard InChI is InChI=1S/C17H32N4O4/c1-12(20-16(18)24)10-14(22)8-6-4-3-5-7-9-15(23)11-13(2)21-17(19)25/h12-13H,3-11H2,1-2H3,(H3,18,20,24)(H3,19,21,25). The van der Waals surface area contributed by atoms with Crippen molar-refractivity contribution < 1.29 is 19.2 Å². The van der Waals surface area contributed by atoms with Gasteiger partial charge in [-0.25, -0.2) is 9.59 Å². The Morgan fingerprint density at radius 3 is 1.32 bits per heavy atom. The molecule has 0 saturated heterocycles. The first-order valence-electron chi connectivity index (χ1n) is 8.86. The van der Waals surface area contributed by atoms with Gasteiger partial charge in [-0.3, -0.25) is 9.59 Å². The Morgan fingerprint density at radius 2 is 1.00 bits per heavy atom. The molecule has 0 aromatic heterocycles. The number of ketones is 2. The van der Waals surface area contributed by atoms with Crippen molar-refractivity contribution in [2.24, 2.45) is 11.5 Å². The van der Waals surface area contributed by atoms with Crippen molar-refractivity contribution in [3.05, 3.63) is 0 Å². The minimum absolute atomic E-state index is 0.118. The van der Waals surface area contributed by atoms with Crippen LogP contribution in [-0.4, -0.2) is 35.7 Å². The summed E-state index contributed by atoms with van der Waals surface area (Å²) in [5, 5.41) is 4.96. The molecule has 0 aliphatic rings. The van der Waals surface area contributed by atoms with Gasteiger partial charge in [0.2, 0.25) is 0 Å². The lowest BCUT2D eigenvalue weighted by Crippen LogP contribution is -2.37. The molecule has 2 atom stereocenters. The largest absolute Gasteiger partial charge is 0.352 e. The number of Topliss-reactive ketones (excluding diaryl/α,β-unsaturated/α-hetero) is 2. The Bertz CT molecular complexity index is 414. The van der Waals surface area contributed by atoms with Crippen LogP contribution in [0.5, 0.6) is 0 Å². The second-order valence-corrected chi connectivity index (χ2v) is 6.57. The number of nitrogens with two attached hydrogens (primary N) is 2. The molecular formula is C17H32N4O4. The first-order chi connectivity index (χ1) is 11.7. The molecule has 144 valence electrons. The van der Waals surface area contributed by atoms with E-state index in [1.165, 1.54) is 0 Å². The van der Waals surface area contributed by atoms with E-state index in [2.05, 4.69) is 10.6 Å². The van der Waals surface area contributed by atoms with Gasteiger partial charge in [-0.15, -0.1) is 0 Å². The summed E-state index contributed by atoms with van der Waals surface area (Å²) >= 11 is 0. The van der Waals surface area contributed by atoms with Crippen molar-refractivity contribution in [1.82, 2.24) is 10.6 Å². The summed E-state index contributed by atoms with van der Waals surface area (Å²) < 4.78 is 0. The molecule has 0 aliphatic heterocycles. The number of primary amides is 2. The lowest BCUT2D eigenvalue weighted by Gasteiger charge is -2.11. The zero-order chi connectivity index (χ0) is 19.2. The lowest BCUT2D eigenvalue weighted by atomic mass is 10.0. The molecule has 4 amide bonds. The number of amides is 4. The van der Waals surface area contributed by atoms with Crippen LogP contribution in [0.25, 0.3) is 0 Å². The van der Waals surface area contributed by atoms with Crippen LogP contribution < -0.4 is 22.1 Å². The van der Waals surface area contributed by atoms with Gasteiger partial charge in [0.25, 0.3) is 0 Å². The second-order valence-electron chi connectivity index (χ2n) is 6.57. The minimum atomic E-state index is -0.616. The van der Waals surface area contributed by atoms with Gasteiger partial charge in [0.05, 0.1) is 0 Å². The van der Waals surface area contributed by atoms with Gasteiger partial charge < -0.3 is 22.1 Å². The number of urea groups is 2. The van der Waals surface area contributed by atoms with Gasteiger partial charge >= 0.3 is 12.1 Å². The summed E-state index contributed by atoms with van der Waals surface area (Å²) in [6, 6.07) is -1.70. The third-order valence-corrected chi connectivity index (χ3v) is 3.76. The van der Waals surface area contributed by atoms with Gasteiger partial charge in [-0.2, -0.15) is 0 Å². The van der Waals surface area contributed by atoms with Crippen molar-refractivity contribution in [1.29, 1.82) is 0 Å². The first kappa shape index (κ1) is 22.9. The SMILES string of the molecule is CC(CC(=O)CCCCCCCC(=O)CC(C)NC(N)=O)NC(N)=O. The molecule has 8 heteroatoms. The molecule has 0 fully saturated rings. The predicted molar refractivity (Wildman–Crippen MR) is 95.9 cm³/mol. The van der Waals surface area contributed by atoms with Crippen LogP contribution in [0.15, 0.2) is 0 Å². The highest BCUT2D eigenvalue weighted by Crippen LogP contribution is 2.10. The van der Waals surface area contributed by atoms with Crippen molar-refractivity contribution in [2.45, 2.75) is 83.7 Å². The Balaban J connectivity index is 3.57. The van der Waals surface area contributed by atoms with Crippen LogP contribution in [0, 0.1) is 0 Å². The molecule has 2 unspecified atom stereocenters. The van der Waals surface area contributed by atoms with E-state index < -0.39 is 12.1 Å². The third kappa shape index (κ3) is 15.2. The monoisotopic (exact) mass is 356 g/mol. The van der Waals surface area contributed by atoms with Crippen molar-refractivity contribution in [3.63, 3.8) is 0 Å². The van der Waals surface area contributed by atoms with E-state index in [0.29, 0.717) is 25.7 Å². The number of carbonyl (C=O) groups excluding carboxylic acids is 4. The van der Waals surface area contributed by atoms with Gasteiger partial charge in [0.15, 0.2) is 0 Å². The molecule has 0 aromatic carbocycles. The van der Waals surface area contributed by atoms with E-state index in [1.54, 1.807) is 13.8 Å². The smallest absolute Gasteiger partial charge is 0.312 e. The fraction of sp³-hybridized carbons (Fsp3) is 0.765. The Labute approximate surface area is 149 Å². The van der Waals surface area contributed by atoms with Crippen LogP contribution in [0.2, 0.25) is 0 Å². The molecule has 0 aromatic rings. The number of unbranched alkanes of at least 4 members (excludes halogenated alkanes) is 4. The summed E-state index contributed by atoms with van der Waals surface area (Å²) in [6.07, 6.45) is 6.09.